The summed E-state index contributed by atoms with van der Waals surface area (Å²) in [5, 5.41) is 2.86. The van der Waals surface area contributed by atoms with Gasteiger partial charge in [0.1, 0.15) is 5.75 Å². The molecule has 24 heavy (non-hydrogen) atoms. The van der Waals surface area contributed by atoms with Crippen LogP contribution in [0.2, 0.25) is 0 Å². The molecular weight excluding hydrogens is 327 g/mol. The highest BCUT2D eigenvalue weighted by Crippen LogP contribution is 2.23. The zero-order valence-corrected chi connectivity index (χ0v) is 13.1. The number of carbonyl (C=O) groups is 2. The molecule has 1 aromatic carbocycles. The average Bonchev–Trinajstić information content (AvgIpc) is 2.52. The van der Waals surface area contributed by atoms with Crippen molar-refractivity contribution in [2.75, 3.05) is 38.0 Å². The molecule has 1 heterocycles. The number of anilines is 1. The number of nitrogens with one attached hydrogen (secondary N) is 1. The number of halogens is 3. The van der Waals surface area contributed by atoms with E-state index in [1.54, 1.807) is 9.80 Å². The van der Waals surface area contributed by atoms with E-state index >= 15 is 0 Å². The molecule has 0 aromatic heterocycles. The smallest absolute Gasteiger partial charge is 0.406 e. The largest absolute Gasteiger partial charge is 0.573 e. The first-order valence-electron chi connectivity index (χ1n) is 7.37. The lowest BCUT2D eigenvalue weighted by Gasteiger charge is -2.34. The number of ether oxygens (including phenoxy) is 1. The second kappa shape index (κ2) is 7.41. The molecule has 1 N–H and O–H groups in total. The van der Waals surface area contributed by atoms with Gasteiger partial charge in [-0.1, -0.05) is 0 Å². The third-order valence-electron chi connectivity index (χ3n) is 3.61. The van der Waals surface area contributed by atoms with Gasteiger partial charge in [-0.15, -0.1) is 13.2 Å². The van der Waals surface area contributed by atoms with Crippen LogP contribution in [0.25, 0.3) is 0 Å². The molecule has 0 radical (unpaired) electrons. The van der Waals surface area contributed by atoms with Crippen LogP contribution in [0.1, 0.15) is 6.92 Å². The summed E-state index contributed by atoms with van der Waals surface area (Å²) in [5.74, 6) is -0.463. The summed E-state index contributed by atoms with van der Waals surface area (Å²) in [4.78, 5) is 26.6. The van der Waals surface area contributed by atoms with Crippen LogP contribution >= 0.6 is 0 Å². The van der Waals surface area contributed by atoms with Gasteiger partial charge in [-0.05, 0) is 24.3 Å². The highest BCUT2D eigenvalue weighted by atomic mass is 19.4. The Morgan fingerprint density at radius 1 is 1.08 bits per heavy atom. The van der Waals surface area contributed by atoms with Crippen LogP contribution in [0, 0.1) is 0 Å². The lowest BCUT2D eigenvalue weighted by atomic mass is 10.3. The van der Waals surface area contributed by atoms with Crippen LogP contribution < -0.4 is 10.1 Å². The predicted molar refractivity (Wildman–Crippen MR) is 80.4 cm³/mol. The van der Waals surface area contributed by atoms with Gasteiger partial charge in [-0.3, -0.25) is 9.59 Å². The summed E-state index contributed by atoms with van der Waals surface area (Å²) in [5.41, 5.74) is 0.514. The molecule has 0 bridgehead atoms. The number of nitrogens with zero attached hydrogens (tertiary/aromatic N) is 2. The van der Waals surface area contributed by atoms with Crippen LogP contribution in [0.4, 0.5) is 18.9 Å². The fraction of sp³-hybridized carbons (Fsp3) is 0.467. The molecule has 9 heteroatoms. The van der Waals surface area contributed by atoms with Crippen molar-refractivity contribution in [1.29, 1.82) is 0 Å². The fourth-order valence-corrected chi connectivity index (χ4v) is 2.33. The van der Waals surface area contributed by atoms with Gasteiger partial charge in [0.05, 0.1) is 6.54 Å². The summed E-state index contributed by atoms with van der Waals surface area (Å²) in [7, 11) is 0. The topological polar surface area (TPSA) is 61.9 Å². The van der Waals surface area contributed by atoms with E-state index in [4.69, 9.17) is 0 Å². The van der Waals surface area contributed by atoms with E-state index < -0.39 is 6.36 Å². The average molecular weight is 345 g/mol. The second-order valence-corrected chi connectivity index (χ2v) is 5.31. The number of piperazine rings is 1. The molecule has 0 atom stereocenters. The number of alkyl halides is 3. The second-order valence-electron chi connectivity index (χ2n) is 5.31. The third kappa shape index (κ3) is 5.32. The first-order chi connectivity index (χ1) is 11.2. The van der Waals surface area contributed by atoms with Crippen molar-refractivity contribution >= 4 is 17.5 Å². The van der Waals surface area contributed by atoms with Crippen LogP contribution in [0.5, 0.6) is 5.75 Å². The molecule has 2 rings (SSSR count). The highest BCUT2D eigenvalue weighted by molar-refractivity contribution is 5.81. The van der Waals surface area contributed by atoms with Crippen LogP contribution in [-0.4, -0.2) is 60.7 Å². The van der Waals surface area contributed by atoms with E-state index in [1.165, 1.54) is 31.2 Å². The molecule has 6 nitrogen and oxygen atoms in total. The van der Waals surface area contributed by atoms with Crippen molar-refractivity contribution in [3.8, 4) is 5.75 Å². The van der Waals surface area contributed by atoms with Crippen molar-refractivity contribution in [2.24, 2.45) is 0 Å². The first kappa shape index (κ1) is 17.9. The van der Waals surface area contributed by atoms with Gasteiger partial charge in [-0.2, -0.15) is 0 Å². The molecular formula is C15H18F3N3O3. The standard InChI is InChI=1S/C15H18F3N3O3/c1-11(22)20-6-8-21(9-7-20)14(23)10-19-12-2-4-13(5-3-12)24-15(16,17)18/h2-5,19H,6-10H2,1H3. The van der Waals surface area contributed by atoms with Gasteiger partial charge < -0.3 is 19.9 Å². The van der Waals surface area contributed by atoms with Gasteiger partial charge in [0.25, 0.3) is 0 Å². The highest BCUT2D eigenvalue weighted by Gasteiger charge is 2.31. The summed E-state index contributed by atoms with van der Waals surface area (Å²) in [6.45, 7) is 3.47. The van der Waals surface area contributed by atoms with E-state index in [2.05, 4.69) is 10.1 Å². The molecule has 0 spiro atoms. The SMILES string of the molecule is CC(=O)N1CCN(C(=O)CNc2ccc(OC(F)(F)F)cc2)CC1. The van der Waals surface area contributed by atoms with Crippen LogP contribution in [0.15, 0.2) is 24.3 Å². The number of rotatable bonds is 4. The molecule has 1 fully saturated rings. The molecule has 0 unspecified atom stereocenters. The maximum Gasteiger partial charge on any atom is 0.573 e. The summed E-state index contributed by atoms with van der Waals surface area (Å²) >= 11 is 0. The monoisotopic (exact) mass is 345 g/mol. The number of benzene rings is 1. The van der Waals surface area contributed by atoms with Crippen molar-refractivity contribution < 1.29 is 27.5 Å². The zero-order chi connectivity index (χ0) is 17.7. The zero-order valence-electron chi connectivity index (χ0n) is 13.1. The van der Waals surface area contributed by atoms with E-state index in [9.17, 15) is 22.8 Å². The quantitative estimate of drug-likeness (QED) is 0.902. The van der Waals surface area contributed by atoms with Gasteiger partial charge in [0, 0.05) is 38.8 Å². The number of amides is 2. The normalized spacial score (nSPS) is 15.2. The number of carbonyl (C=O) groups excluding carboxylic acids is 2. The van der Waals surface area contributed by atoms with Gasteiger partial charge in [0.2, 0.25) is 11.8 Å². The van der Waals surface area contributed by atoms with Gasteiger partial charge in [0.15, 0.2) is 0 Å². The molecule has 0 aliphatic carbocycles. The lowest BCUT2D eigenvalue weighted by molar-refractivity contribution is -0.274. The Hall–Kier alpha value is -2.45. The van der Waals surface area contributed by atoms with Crippen LogP contribution in [0.3, 0.4) is 0 Å². The molecule has 2 amide bonds. The predicted octanol–water partition coefficient (Wildman–Crippen LogP) is 1.69. The van der Waals surface area contributed by atoms with Crippen molar-refractivity contribution in [3.05, 3.63) is 24.3 Å². The Kier molecular flexibility index (Phi) is 5.53. The molecule has 1 aromatic rings. The first-order valence-corrected chi connectivity index (χ1v) is 7.37. The lowest BCUT2D eigenvalue weighted by Crippen LogP contribution is -2.51. The maximum absolute atomic E-state index is 12.1. The molecule has 1 aliphatic rings. The van der Waals surface area contributed by atoms with E-state index in [-0.39, 0.29) is 24.1 Å². The van der Waals surface area contributed by atoms with Gasteiger partial charge >= 0.3 is 6.36 Å². The van der Waals surface area contributed by atoms with Crippen molar-refractivity contribution in [1.82, 2.24) is 9.80 Å². The minimum Gasteiger partial charge on any atom is -0.406 e. The summed E-state index contributed by atoms with van der Waals surface area (Å²) in [6.07, 6.45) is -4.73. The maximum atomic E-state index is 12.1. The van der Waals surface area contributed by atoms with Crippen LogP contribution in [-0.2, 0) is 9.59 Å². The van der Waals surface area contributed by atoms with Crippen molar-refractivity contribution in [2.45, 2.75) is 13.3 Å². The van der Waals surface area contributed by atoms with Crippen molar-refractivity contribution in [3.63, 3.8) is 0 Å². The molecule has 1 saturated heterocycles. The Labute approximate surface area is 137 Å². The Morgan fingerprint density at radius 3 is 2.12 bits per heavy atom. The third-order valence-corrected chi connectivity index (χ3v) is 3.61. The molecule has 132 valence electrons. The Balaban J connectivity index is 1.79. The Bertz CT molecular complexity index is 582. The molecule has 1 aliphatic heterocycles. The molecule has 0 saturated carbocycles. The Morgan fingerprint density at radius 2 is 1.62 bits per heavy atom. The number of hydrogen-bond donors (Lipinski definition) is 1. The van der Waals surface area contributed by atoms with Gasteiger partial charge in [-0.25, -0.2) is 0 Å². The number of hydrogen-bond acceptors (Lipinski definition) is 4. The fourth-order valence-electron chi connectivity index (χ4n) is 2.33. The van der Waals surface area contributed by atoms with E-state index in [0.29, 0.717) is 31.9 Å². The summed E-state index contributed by atoms with van der Waals surface area (Å²) < 4.78 is 40.0. The van der Waals surface area contributed by atoms with E-state index in [0.717, 1.165) is 0 Å². The van der Waals surface area contributed by atoms with E-state index in [1.807, 2.05) is 0 Å². The minimum absolute atomic E-state index is 0.0126. The summed E-state index contributed by atoms with van der Waals surface area (Å²) in [6, 6.07) is 5.15. The minimum atomic E-state index is -4.73.